The van der Waals surface area contributed by atoms with Gasteiger partial charge in [0.2, 0.25) is 0 Å². The van der Waals surface area contributed by atoms with Crippen molar-refractivity contribution in [2.24, 2.45) is 0 Å². The topological polar surface area (TPSA) is 12.0 Å². The van der Waals surface area contributed by atoms with Gasteiger partial charge in [0.1, 0.15) is 5.54 Å². The van der Waals surface area contributed by atoms with Crippen molar-refractivity contribution in [3.63, 3.8) is 0 Å². The zero-order valence-corrected chi connectivity index (χ0v) is 10.8. The largest absolute Gasteiger partial charge is 0.406 e. The molecular formula is C15H18F3N. The molecule has 1 N–H and O–H groups in total. The van der Waals surface area contributed by atoms with Gasteiger partial charge in [0.05, 0.1) is 0 Å². The number of fused-ring (bicyclic) bond motifs is 1. The molecule has 2 aliphatic rings. The van der Waals surface area contributed by atoms with Gasteiger partial charge in [0.25, 0.3) is 0 Å². The molecule has 1 fully saturated rings. The number of benzene rings is 1. The average molecular weight is 269 g/mol. The molecule has 1 aromatic carbocycles. The summed E-state index contributed by atoms with van der Waals surface area (Å²) in [6.45, 7) is 0. The number of rotatable bonds is 2. The monoisotopic (exact) mass is 269 g/mol. The number of hydrogen-bond acceptors (Lipinski definition) is 1. The molecule has 1 aromatic rings. The smallest absolute Gasteiger partial charge is 0.297 e. The molecule has 0 bridgehead atoms. The van der Waals surface area contributed by atoms with Crippen LogP contribution in [0.3, 0.4) is 0 Å². The summed E-state index contributed by atoms with van der Waals surface area (Å²) >= 11 is 0. The first-order valence-corrected chi connectivity index (χ1v) is 6.94. The molecule has 1 atom stereocenters. The number of aryl methyl sites for hydroxylation is 1. The molecule has 0 aromatic heterocycles. The zero-order chi connectivity index (χ0) is 13.5. The van der Waals surface area contributed by atoms with E-state index in [9.17, 15) is 13.2 Å². The fourth-order valence-corrected chi connectivity index (χ4v) is 3.04. The molecule has 0 amide bonds. The van der Waals surface area contributed by atoms with Gasteiger partial charge in [-0.15, -0.1) is 0 Å². The van der Waals surface area contributed by atoms with Crippen molar-refractivity contribution in [1.82, 2.24) is 5.32 Å². The van der Waals surface area contributed by atoms with E-state index < -0.39 is 11.7 Å². The maximum absolute atomic E-state index is 13.1. The Balaban J connectivity index is 1.86. The lowest BCUT2D eigenvalue weighted by Crippen LogP contribution is -2.46. The minimum atomic E-state index is -4.13. The van der Waals surface area contributed by atoms with Gasteiger partial charge in [0.15, 0.2) is 0 Å². The fourth-order valence-electron chi connectivity index (χ4n) is 3.04. The van der Waals surface area contributed by atoms with Crippen LogP contribution in [0.5, 0.6) is 0 Å². The van der Waals surface area contributed by atoms with E-state index in [1.165, 1.54) is 5.56 Å². The minimum Gasteiger partial charge on any atom is -0.297 e. The van der Waals surface area contributed by atoms with Crippen molar-refractivity contribution in [3.05, 3.63) is 35.4 Å². The molecular weight excluding hydrogens is 251 g/mol. The van der Waals surface area contributed by atoms with Gasteiger partial charge < -0.3 is 0 Å². The first-order valence-electron chi connectivity index (χ1n) is 6.94. The van der Waals surface area contributed by atoms with Crippen molar-refractivity contribution in [2.45, 2.75) is 56.3 Å². The Morgan fingerprint density at radius 3 is 2.53 bits per heavy atom. The van der Waals surface area contributed by atoms with Crippen molar-refractivity contribution in [2.75, 3.05) is 0 Å². The Kier molecular flexibility index (Phi) is 3.08. The highest BCUT2D eigenvalue weighted by Gasteiger charge is 2.63. The highest BCUT2D eigenvalue weighted by atomic mass is 19.4. The van der Waals surface area contributed by atoms with Crippen molar-refractivity contribution >= 4 is 0 Å². The molecule has 0 radical (unpaired) electrons. The molecule has 1 unspecified atom stereocenters. The Bertz CT molecular complexity index is 463. The molecule has 3 rings (SSSR count). The van der Waals surface area contributed by atoms with Gasteiger partial charge in [0, 0.05) is 6.04 Å². The standard InChI is InChI=1S/C15H18F3N/c16-15(17,18)14(9-10-14)19-13-8-4-2-6-11-5-1-3-7-12(11)13/h1,3,5,7,13,19H,2,4,6,8-10H2. The van der Waals surface area contributed by atoms with E-state index in [4.69, 9.17) is 0 Å². The van der Waals surface area contributed by atoms with E-state index in [-0.39, 0.29) is 18.9 Å². The molecule has 1 nitrogen and oxygen atoms in total. The summed E-state index contributed by atoms with van der Waals surface area (Å²) in [5.74, 6) is 0. The lowest BCUT2D eigenvalue weighted by atomic mass is 9.98. The summed E-state index contributed by atoms with van der Waals surface area (Å²) in [5.41, 5.74) is 0.653. The summed E-state index contributed by atoms with van der Waals surface area (Å²) in [6, 6.07) is 7.76. The van der Waals surface area contributed by atoms with E-state index >= 15 is 0 Å². The van der Waals surface area contributed by atoms with Gasteiger partial charge in [-0.1, -0.05) is 30.7 Å². The molecule has 2 aliphatic carbocycles. The lowest BCUT2D eigenvalue weighted by Gasteiger charge is -2.28. The molecule has 4 heteroatoms. The highest BCUT2D eigenvalue weighted by molar-refractivity contribution is 5.32. The summed E-state index contributed by atoms with van der Waals surface area (Å²) < 4.78 is 39.2. The molecule has 0 heterocycles. The summed E-state index contributed by atoms with van der Waals surface area (Å²) in [6.07, 6.45) is 0.134. The van der Waals surface area contributed by atoms with Crippen LogP contribution in [-0.2, 0) is 6.42 Å². The third kappa shape index (κ3) is 2.38. The maximum atomic E-state index is 13.1. The predicted octanol–water partition coefficient (Wildman–Crippen LogP) is 4.14. The molecule has 104 valence electrons. The summed E-state index contributed by atoms with van der Waals surface area (Å²) in [7, 11) is 0. The van der Waals surface area contributed by atoms with Crippen molar-refractivity contribution in [1.29, 1.82) is 0 Å². The lowest BCUT2D eigenvalue weighted by molar-refractivity contribution is -0.168. The van der Waals surface area contributed by atoms with Crippen LogP contribution in [0, 0.1) is 0 Å². The van der Waals surface area contributed by atoms with Crippen LogP contribution in [0.4, 0.5) is 13.2 Å². The molecule has 0 spiro atoms. The van der Waals surface area contributed by atoms with Gasteiger partial charge in [-0.3, -0.25) is 5.32 Å². The van der Waals surface area contributed by atoms with E-state index in [2.05, 4.69) is 5.32 Å². The van der Waals surface area contributed by atoms with Crippen LogP contribution in [-0.4, -0.2) is 11.7 Å². The van der Waals surface area contributed by atoms with E-state index in [1.54, 1.807) is 0 Å². The van der Waals surface area contributed by atoms with Gasteiger partial charge in [-0.05, 0) is 43.2 Å². The second-order valence-corrected chi connectivity index (χ2v) is 5.72. The maximum Gasteiger partial charge on any atom is 0.406 e. The highest BCUT2D eigenvalue weighted by Crippen LogP contribution is 2.50. The predicted molar refractivity (Wildman–Crippen MR) is 67.9 cm³/mol. The van der Waals surface area contributed by atoms with Crippen molar-refractivity contribution < 1.29 is 13.2 Å². The molecule has 1 saturated carbocycles. The van der Waals surface area contributed by atoms with Crippen LogP contribution < -0.4 is 5.32 Å². The van der Waals surface area contributed by atoms with Crippen LogP contribution >= 0.6 is 0 Å². The third-order valence-electron chi connectivity index (χ3n) is 4.36. The fraction of sp³-hybridized carbons (Fsp3) is 0.600. The minimum absolute atomic E-state index is 0.150. The van der Waals surface area contributed by atoms with Crippen LogP contribution in [0.15, 0.2) is 24.3 Å². The molecule has 19 heavy (non-hydrogen) atoms. The number of nitrogens with one attached hydrogen (secondary N) is 1. The van der Waals surface area contributed by atoms with E-state index in [1.807, 2.05) is 24.3 Å². The van der Waals surface area contributed by atoms with Crippen LogP contribution in [0.2, 0.25) is 0 Å². The average Bonchev–Trinajstić information content (AvgIpc) is 3.15. The first-order chi connectivity index (χ1) is 9.02. The van der Waals surface area contributed by atoms with Crippen LogP contribution in [0.1, 0.15) is 49.3 Å². The normalized spacial score (nSPS) is 25.5. The number of halogens is 3. The van der Waals surface area contributed by atoms with Gasteiger partial charge in [-0.2, -0.15) is 13.2 Å². The Morgan fingerprint density at radius 2 is 1.84 bits per heavy atom. The first kappa shape index (κ1) is 13.0. The van der Waals surface area contributed by atoms with E-state index in [0.29, 0.717) is 0 Å². The Morgan fingerprint density at radius 1 is 1.11 bits per heavy atom. The SMILES string of the molecule is FC(F)(F)C1(NC2CCCCc3ccccc32)CC1. The zero-order valence-electron chi connectivity index (χ0n) is 10.8. The van der Waals surface area contributed by atoms with Crippen molar-refractivity contribution in [3.8, 4) is 0 Å². The summed E-state index contributed by atoms with van der Waals surface area (Å²) in [5, 5.41) is 2.92. The Hall–Kier alpha value is -1.03. The second-order valence-electron chi connectivity index (χ2n) is 5.72. The third-order valence-corrected chi connectivity index (χ3v) is 4.36. The van der Waals surface area contributed by atoms with Gasteiger partial charge in [-0.25, -0.2) is 0 Å². The number of alkyl halides is 3. The summed E-state index contributed by atoms with van der Waals surface area (Å²) in [4.78, 5) is 0. The molecule has 0 aliphatic heterocycles. The van der Waals surface area contributed by atoms with E-state index in [0.717, 1.165) is 31.2 Å². The van der Waals surface area contributed by atoms with Gasteiger partial charge >= 0.3 is 6.18 Å². The quantitative estimate of drug-likeness (QED) is 0.796. The Labute approximate surface area is 111 Å². The second kappa shape index (κ2) is 4.51. The number of hydrogen-bond donors (Lipinski definition) is 1. The molecule has 0 saturated heterocycles. The van der Waals surface area contributed by atoms with Crippen LogP contribution in [0.25, 0.3) is 0 Å².